The number of ether oxygens (including phenoxy) is 2. The standard InChI is InChI=1S/C19H15F3N2O4/c1-11(25)13-8-16(27-10-12-6-4-3-5-7-12)15(26-2)9-14(13)17-23-18(28-24-17)19(20,21)22/h3-9H,10H2,1-2H3. The second-order valence-electron chi connectivity index (χ2n) is 5.80. The molecule has 0 radical (unpaired) electrons. The van der Waals surface area contributed by atoms with Crippen LogP contribution in [-0.2, 0) is 12.8 Å². The number of hydrogen-bond donors (Lipinski definition) is 0. The molecule has 0 amide bonds. The van der Waals surface area contributed by atoms with E-state index in [4.69, 9.17) is 9.47 Å². The van der Waals surface area contributed by atoms with Gasteiger partial charge in [0.05, 0.1) is 7.11 Å². The molecule has 0 unspecified atom stereocenters. The van der Waals surface area contributed by atoms with Gasteiger partial charge in [-0.25, -0.2) is 0 Å². The van der Waals surface area contributed by atoms with Crippen molar-refractivity contribution in [1.29, 1.82) is 0 Å². The van der Waals surface area contributed by atoms with E-state index in [0.29, 0.717) is 0 Å². The number of carbonyl (C=O) groups is 1. The van der Waals surface area contributed by atoms with Gasteiger partial charge >= 0.3 is 12.1 Å². The summed E-state index contributed by atoms with van der Waals surface area (Å²) in [6, 6.07) is 12.1. The van der Waals surface area contributed by atoms with Gasteiger partial charge in [-0.1, -0.05) is 35.5 Å². The minimum absolute atomic E-state index is 0.0515. The molecule has 28 heavy (non-hydrogen) atoms. The van der Waals surface area contributed by atoms with Crippen LogP contribution in [-0.4, -0.2) is 23.0 Å². The van der Waals surface area contributed by atoms with E-state index in [0.717, 1.165) is 5.56 Å². The van der Waals surface area contributed by atoms with Crippen LogP contribution in [0.1, 0.15) is 28.7 Å². The third kappa shape index (κ3) is 4.13. The van der Waals surface area contributed by atoms with Crippen molar-refractivity contribution in [3.8, 4) is 22.9 Å². The van der Waals surface area contributed by atoms with Crippen LogP contribution in [0.2, 0.25) is 0 Å². The molecule has 0 aliphatic heterocycles. The van der Waals surface area contributed by atoms with Crippen molar-refractivity contribution < 1.29 is 32.0 Å². The Hall–Kier alpha value is -3.36. The summed E-state index contributed by atoms with van der Waals surface area (Å²) in [6.07, 6.45) is -4.79. The molecule has 0 saturated heterocycles. The van der Waals surface area contributed by atoms with Crippen LogP contribution in [0.5, 0.6) is 11.5 Å². The maximum absolute atomic E-state index is 12.7. The van der Waals surface area contributed by atoms with Gasteiger partial charge in [-0.2, -0.15) is 18.2 Å². The molecule has 0 bridgehead atoms. The average Bonchev–Trinajstić information content (AvgIpc) is 3.17. The third-order valence-corrected chi connectivity index (χ3v) is 3.83. The SMILES string of the molecule is COc1cc(-c2noc(C(F)(F)F)n2)c(C(C)=O)cc1OCc1ccccc1. The molecule has 0 spiro atoms. The third-order valence-electron chi connectivity index (χ3n) is 3.83. The van der Waals surface area contributed by atoms with Gasteiger partial charge in [-0.3, -0.25) is 4.79 Å². The molecule has 3 aromatic rings. The lowest BCUT2D eigenvalue weighted by molar-refractivity contribution is -0.159. The summed E-state index contributed by atoms with van der Waals surface area (Å²) >= 11 is 0. The minimum Gasteiger partial charge on any atom is -0.493 e. The molecule has 0 atom stereocenters. The average molecular weight is 392 g/mol. The van der Waals surface area contributed by atoms with E-state index in [1.54, 1.807) is 0 Å². The first-order valence-corrected chi connectivity index (χ1v) is 8.10. The van der Waals surface area contributed by atoms with Crippen molar-refractivity contribution in [1.82, 2.24) is 10.1 Å². The van der Waals surface area contributed by atoms with Crippen LogP contribution in [0, 0.1) is 0 Å². The number of halogens is 3. The van der Waals surface area contributed by atoms with E-state index in [1.165, 1.54) is 26.2 Å². The maximum atomic E-state index is 12.7. The fraction of sp³-hybridized carbons (Fsp3) is 0.211. The van der Waals surface area contributed by atoms with Gasteiger partial charge in [0.25, 0.3) is 0 Å². The van der Waals surface area contributed by atoms with Crippen LogP contribution in [0.15, 0.2) is 47.0 Å². The fourth-order valence-corrected chi connectivity index (χ4v) is 2.49. The number of aromatic nitrogens is 2. The second kappa shape index (κ2) is 7.71. The summed E-state index contributed by atoms with van der Waals surface area (Å²) in [6.45, 7) is 1.49. The maximum Gasteiger partial charge on any atom is 0.471 e. The van der Waals surface area contributed by atoms with E-state index in [-0.39, 0.29) is 35.1 Å². The number of rotatable bonds is 6. The Bertz CT molecular complexity index is 985. The van der Waals surface area contributed by atoms with E-state index in [2.05, 4.69) is 14.7 Å². The zero-order chi connectivity index (χ0) is 20.3. The number of benzene rings is 2. The quantitative estimate of drug-likeness (QED) is 0.573. The van der Waals surface area contributed by atoms with E-state index in [9.17, 15) is 18.0 Å². The van der Waals surface area contributed by atoms with Crippen LogP contribution >= 0.6 is 0 Å². The zero-order valence-corrected chi connectivity index (χ0v) is 14.9. The van der Waals surface area contributed by atoms with Gasteiger partial charge in [0.1, 0.15) is 6.61 Å². The zero-order valence-electron chi connectivity index (χ0n) is 14.9. The minimum atomic E-state index is -4.79. The lowest BCUT2D eigenvalue weighted by Gasteiger charge is -2.14. The number of hydrogen-bond acceptors (Lipinski definition) is 6. The molecule has 3 rings (SSSR count). The summed E-state index contributed by atoms with van der Waals surface area (Å²) in [5, 5.41) is 3.34. The molecule has 0 aliphatic carbocycles. The fourth-order valence-electron chi connectivity index (χ4n) is 2.49. The van der Waals surface area contributed by atoms with Crippen molar-refractivity contribution in [3.05, 3.63) is 59.5 Å². The largest absolute Gasteiger partial charge is 0.493 e. The summed E-state index contributed by atoms with van der Waals surface area (Å²) < 4.78 is 53.5. The number of alkyl halides is 3. The molecule has 6 nitrogen and oxygen atoms in total. The highest BCUT2D eigenvalue weighted by Crippen LogP contribution is 2.37. The van der Waals surface area contributed by atoms with E-state index < -0.39 is 17.9 Å². The van der Waals surface area contributed by atoms with Crippen LogP contribution in [0.4, 0.5) is 13.2 Å². The number of ketones is 1. The number of methoxy groups -OCH3 is 1. The van der Waals surface area contributed by atoms with Crippen molar-refractivity contribution in [3.63, 3.8) is 0 Å². The molecule has 0 aliphatic rings. The lowest BCUT2D eigenvalue weighted by Crippen LogP contribution is -2.05. The highest BCUT2D eigenvalue weighted by atomic mass is 19.4. The molecular weight excluding hydrogens is 377 g/mol. The molecule has 146 valence electrons. The topological polar surface area (TPSA) is 74.5 Å². The normalized spacial score (nSPS) is 11.3. The lowest BCUT2D eigenvalue weighted by atomic mass is 10.0. The molecule has 9 heteroatoms. The molecule has 0 N–H and O–H groups in total. The monoisotopic (exact) mass is 392 g/mol. The molecule has 1 aromatic heterocycles. The Kier molecular flexibility index (Phi) is 5.34. The highest BCUT2D eigenvalue weighted by molar-refractivity contribution is 6.01. The Morgan fingerprint density at radius 2 is 1.86 bits per heavy atom. The Morgan fingerprint density at radius 3 is 2.43 bits per heavy atom. The van der Waals surface area contributed by atoms with Gasteiger partial charge in [0.15, 0.2) is 17.3 Å². The van der Waals surface area contributed by atoms with E-state index >= 15 is 0 Å². The van der Waals surface area contributed by atoms with Gasteiger partial charge in [0, 0.05) is 11.1 Å². The summed E-state index contributed by atoms with van der Waals surface area (Å²) in [4.78, 5) is 15.4. The van der Waals surface area contributed by atoms with Crippen molar-refractivity contribution in [2.45, 2.75) is 19.7 Å². The summed E-state index contributed by atoms with van der Waals surface area (Å²) in [7, 11) is 1.37. The first-order chi connectivity index (χ1) is 13.3. The van der Waals surface area contributed by atoms with Crippen LogP contribution < -0.4 is 9.47 Å². The Labute approximate surface area is 157 Å². The smallest absolute Gasteiger partial charge is 0.471 e. The van der Waals surface area contributed by atoms with E-state index in [1.807, 2.05) is 30.3 Å². The number of nitrogens with zero attached hydrogens (tertiary/aromatic N) is 2. The molecule has 0 saturated carbocycles. The predicted molar refractivity (Wildman–Crippen MR) is 92.1 cm³/mol. The Morgan fingerprint density at radius 1 is 1.14 bits per heavy atom. The first kappa shape index (κ1) is 19.4. The highest BCUT2D eigenvalue weighted by Gasteiger charge is 2.39. The first-order valence-electron chi connectivity index (χ1n) is 8.10. The molecule has 1 heterocycles. The summed E-state index contributed by atoms with van der Waals surface area (Å²) in [5.41, 5.74) is 1.03. The van der Waals surface area contributed by atoms with Gasteiger partial charge in [-0.15, -0.1) is 0 Å². The molecular formula is C19H15F3N2O4. The van der Waals surface area contributed by atoms with Crippen molar-refractivity contribution in [2.24, 2.45) is 0 Å². The Balaban J connectivity index is 1.99. The van der Waals surface area contributed by atoms with Gasteiger partial charge in [0.2, 0.25) is 5.82 Å². The van der Waals surface area contributed by atoms with Crippen molar-refractivity contribution >= 4 is 5.78 Å². The summed E-state index contributed by atoms with van der Waals surface area (Å²) in [5.74, 6) is -1.79. The molecule has 0 fully saturated rings. The van der Waals surface area contributed by atoms with Gasteiger partial charge in [-0.05, 0) is 24.6 Å². The molecule has 2 aromatic carbocycles. The number of carbonyl (C=O) groups excluding carboxylic acids is 1. The number of Topliss-reactive ketones (excluding diaryl/α,β-unsaturated/α-hetero) is 1. The van der Waals surface area contributed by atoms with Crippen LogP contribution in [0.3, 0.4) is 0 Å². The van der Waals surface area contributed by atoms with Crippen LogP contribution in [0.25, 0.3) is 11.4 Å². The van der Waals surface area contributed by atoms with Gasteiger partial charge < -0.3 is 14.0 Å². The predicted octanol–water partition coefficient (Wildman–Crippen LogP) is 4.55. The van der Waals surface area contributed by atoms with Crippen molar-refractivity contribution in [2.75, 3.05) is 7.11 Å². The second-order valence-corrected chi connectivity index (χ2v) is 5.80.